The van der Waals surface area contributed by atoms with Crippen molar-refractivity contribution in [3.8, 4) is 17.2 Å². The number of pyridine rings is 1. The number of nitrogens with two attached hydrogens (primary N) is 2. The number of amides is 1. The minimum Gasteiger partial charge on any atom is -0.493 e. The maximum atomic E-state index is 11.1. The first-order valence-corrected chi connectivity index (χ1v) is 5.94. The lowest BCUT2D eigenvalue weighted by Crippen LogP contribution is -2.12. The first-order chi connectivity index (χ1) is 9.63. The van der Waals surface area contributed by atoms with Crippen LogP contribution < -0.4 is 20.9 Å². The fraction of sp³-hybridized carbons (Fsp3) is 0.143. The molecule has 0 aliphatic rings. The van der Waals surface area contributed by atoms with E-state index in [0.717, 1.165) is 5.56 Å². The zero-order valence-electron chi connectivity index (χ0n) is 11.0. The molecule has 0 fully saturated rings. The Morgan fingerprint density at radius 3 is 2.70 bits per heavy atom. The van der Waals surface area contributed by atoms with Crippen molar-refractivity contribution in [2.75, 3.05) is 7.11 Å². The SMILES string of the molecule is COc1cc(CN)ccc1Oc1ccnc(C(N)=O)c1. The van der Waals surface area contributed by atoms with Crippen molar-refractivity contribution < 1.29 is 14.3 Å². The lowest BCUT2D eigenvalue weighted by Gasteiger charge is -2.11. The van der Waals surface area contributed by atoms with E-state index >= 15 is 0 Å². The monoisotopic (exact) mass is 273 g/mol. The fourth-order valence-corrected chi connectivity index (χ4v) is 1.66. The molecule has 0 spiro atoms. The second-order valence-corrected chi connectivity index (χ2v) is 4.03. The molecule has 0 bridgehead atoms. The van der Waals surface area contributed by atoms with Gasteiger partial charge < -0.3 is 20.9 Å². The molecule has 104 valence electrons. The van der Waals surface area contributed by atoms with E-state index in [1.54, 1.807) is 25.3 Å². The quantitative estimate of drug-likeness (QED) is 0.858. The lowest BCUT2D eigenvalue weighted by molar-refractivity contribution is 0.0995. The highest BCUT2D eigenvalue weighted by Crippen LogP contribution is 2.32. The van der Waals surface area contributed by atoms with E-state index in [1.165, 1.54) is 12.3 Å². The van der Waals surface area contributed by atoms with Crippen LogP contribution in [-0.2, 0) is 6.54 Å². The molecule has 0 aliphatic carbocycles. The van der Waals surface area contributed by atoms with Crippen molar-refractivity contribution in [1.82, 2.24) is 4.98 Å². The summed E-state index contributed by atoms with van der Waals surface area (Å²) in [4.78, 5) is 14.9. The van der Waals surface area contributed by atoms with Crippen LogP contribution in [0.25, 0.3) is 0 Å². The number of nitrogens with zero attached hydrogens (tertiary/aromatic N) is 1. The molecule has 6 nitrogen and oxygen atoms in total. The molecule has 1 aromatic heterocycles. The van der Waals surface area contributed by atoms with Gasteiger partial charge in [-0.1, -0.05) is 6.07 Å². The van der Waals surface area contributed by atoms with Gasteiger partial charge in [-0.2, -0.15) is 0 Å². The van der Waals surface area contributed by atoms with Crippen molar-refractivity contribution in [3.05, 3.63) is 47.8 Å². The summed E-state index contributed by atoms with van der Waals surface area (Å²) in [5.41, 5.74) is 11.8. The van der Waals surface area contributed by atoms with Crippen molar-refractivity contribution in [1.29, 1.82) is 0 Å². The van der Waals surface area contributed by atoms with E-state index in [-0.39, 0.29) is 5.69 Å². The van der Waals surface area contributed by atoms with Gasteiger partial charge in [-0.3, -0.25) is 9.78 Å². The molecular weight excluding hydrogens is 258 g/mol. The molecule has 0 saturated carbocycles. The van der Waals surface area contributed by atoms with E-state index in [2.05, 4.69) is 4.98 Å². The number of aromatic nitrogens is 1. The second-order valence-electron chi connectivity index (χ2n) is 4.03. The number of hydrogen-bond acceptors (Lipinski definition) is 5. The van der Waals surface area contributed by atoms with E-state index in [1.807, 2.05) is 6.07 Å². The van der Waals surface area contributed by atoms with Crippen LogP contribution in [0.5, 0.6) is 17.2 Å². The number of carbonyl (C=O) groups excluding carboxylic acids is 1. The van der Waals surface area contributed by atoms with Gasteiger partial charge in [-0.25, -0.2) is 0 Å². The van der Waals surface area contributed by atoms with Crippen molar-refractivity contribution in [2.45, 2.75) is 6.54 Å². The summed E-state index contributed by atoms with van der Waals surface area (Å²) < 4.78 is 10.9. The Morgan fingerprint density at radius 2 is 2.05 bits per heavy atom. The Morgan fingerprint density at radius 1 is 1.25 bits per heavy atom. The van der Waals surface area contributed by atoms with Crippen LogP contribution in [-0.4, -0.2) is 18.0 Å². The highest BCUT2D eigenvalue weighted by molar-refractivity contribution is 5.91. The summed E-state index contributed by atoms with van der Waals surface area (Å²) >= 11 is 0. The third-order valence-electron chi connectivity index (χ3n) is 2.68. The van der Waals surface area contributed by atoms with Gasteiger partial charge in [0, 0.05) is 18.8 Å². The lowest BCUT2D eigenvalue weighted by atomic mass is 10.2. The molecule has 6 heteroatoms. The van der Waals surface area contributed by atoms with Gasteiger partial charge in [-0.15, -0.1) is 0 Å². The molecule has 1 heterocycles. The molecule has 2 aromatic rings. The van der Waals surface area contributed by atoms with Gasteiger partial charge in [0.2, 0.25) is 0 Å². The van der Waals surface area contributed by atoms with Crippen molar-refractivity contribution in [2.24, 2.45) is 11.5 Å². The van der Waals surface area contributed by atoms with Gasteiger partial charge in [0.15, 0.2) is 11.5 Å². The molecule has 0 atom stereocenters. The summed E-state index contributed by atoms with van der Waals surface area (Å²) in [7, 11) is 1.55. The summed E-state index contributed by atoms with van der Waals surface area (Å²) in [6.45, 7) is 0.414. The first kappa shape index (κ1) is 13.8. The molecule has 4 N–H and O–H groups in total. The number of primary amides is 1. The molecule has 0 radical (unpaired) electrons. The van der Waals surface area contributed by atoms with Gasteiger partial charge in [0.05, 0.1) is 7.11 Å². The third kappa shape index (κ3) is 3.04. The normalized spacial score (nSPS) is 10.1. The molecular formula is C14H15N3O3. The number of rotatable bonds is 5. The van der Waals surface area contributed by atoms with Gasteiger partial charge >= 0.3 is 0 Å². The van der Waals surface area contributed by atoms with Crippen molar-refractivity contribution in [3.63, 3.8) is 0 Å². The van der Waals surface area contributed by atoms with Crippen LogP contribution in [0.2, 0.25) is 0 Å². The Kier molecular flexibility index (Phi) is 4.17. The molecule has 0 unspecified atom stereocenters. The highest BCUT2D eigenvalue weighted by atomic mass is 16.5. The number of benzene rings is 1. The number of hydrogen-bond donors (Lipinski definition) is 2. The predicted octanol–water partition coefficient (Wildman–Crippen LogP) is 1.44. The van der Waals surface area contributed by atoms with Gasteiger partial charge in [-0.05, 0) is 23.8 Å². The van der Waals surface area contributed by atoms with E-state index in [0.29, 0.717) is 23.8 Å². The summed E-state index contributed by atoms with van der Waals surface area (Å²) in [5.74, 6) is 0.921. The fourth-order valence-electron chi connectivity index (χ4n) is 1.66. The summed E-state index contributed by atoms with van der Waals surface area (Å²) in [6.07, 6.45) is 1.45. The summed E-state index contributed by atoms with van der Waals surface area (Å²) in [6, 6.07) is 8.49. The van der Waals surface area contributed by atoms with Gasteiger partial charge in [0.25, 0.3) is 5.91 Å². The third-order valence-corrected chi connectivity index (χ3v) is 2.68. The van der Waals surface area contributed by atoms with Crippen LogP contribution in [0.1, 0.15) is 16.1 Å². The largest absolute Gasteiger partial charge is 0.493 e. The Labute approximate surface area is 116 Å². The van der Waals surface area contributed by atoms with E-state index in [4.69, 9.17) is 20.9 Å². The molecule has 2 rings (SSSR count). The summed E-state index contributed by atoms with van der Waals surface area (Å²) in [5, 5.41) is 0. The molecule has 20 heavy (non-hydrogen) atoms. The number of carbonyl (C=O) groups is 1. The van der Waals surface area contributed by atoms with Crippen LogP contribution in [0.3, 0.4) is 0 Å². The Hall–Kier alpha value is -2.60. The van der Waals surface area contributed by atoms with Gasteiger partial charge in [0.1, 0.15) is 11.4 Å². The molecule has 1 aromatic carbocycles. The predicted molar refractivity (Wildman–Crippen MR) is 73.7 cm³/mol. The zero-order chi connectivity index (χ0) is 14.5. The number of methoxy groups -OCH3 is 1. The second kappa shape index (κ2) is 6.03. The first-order valence-electron chi connectivity index (χ1n) is 5.94. The minimum absolute atomic E-state index is 0.139. The average molecular weight is 273 g/mol. The maximum absolute atomic E-state index is 11.1. The van der Waals surface area contributed by atoms with Crippen LogP contribution in [0, 0.1) is 0 Å². The smallest absolute Gasteiger partial charge is 0.267 e. The van der Waals surface area contributed by atoms with E-state index in [9.17, 15) is 4.79 Å². The van der Waals surface area contributed by atoms with Crippen molar-refractivity contribution >= 4 is 5.91 Å². The van der Waals surface area contributed by atoms with Crippen LogP contribution in [0.4, 0.5) is 0 Å². The van der Waals surface area contributed by atoms with Crippen LogP contribution >= 0.6 is 0 Å². The molecule has 1 amide bonds. The zero-order valence-corrected chi connectivity index (χ0v) is 11.0. The standard InChI is InChI=1S/C14H15N3O3/c1-19-13-6-9(8-15)2-3-12(13)20-10-4-5-17-11(7-10)14(16)18/h2-7H,8,15H2,1H3,(H2,16,18). The highest BCUT2D eigenvalue weighted by Gasteiger charge is 2.09. The molecule has 0 saturated heterocycles. The maximum Gasteiger partial charge on any atom is 0.267 e. The Bertz CT molecular complexity index is 629. The number of ether oxygens (including phenoxy) is 2. The van der Waals surface area contributed by atoms with Crippen LogP contribution in [0.15, 0.2) is 36.5 Å². The average Bonchev–Trinajstić information content (AvgIpc) is 2.48. The minimum atomic E-state index is -0.610. The molecule has 0 aliphatic heterocycles. The van der Waals surface area contributed by atoms with E-state index < -0.39 is 5.91 Å². The Balaban J connectivity index is 2.29. The topological polar surface area (TPSA) is 100 Å².